The van der Waals surface area contributed by atoms with Gasteiger partial charge in [0.15, 0.2) is 0 Å². The van der Waals surface area contributed by atoms with Crippen LogP contribution in [0.2, 0.25) is 5.02 Å². The van der Waals surface area contributed by atoms with Crippen molar-refractivity contribution in [1.82, 2.24) is 0 Å². The van der Waals surface area contributed by atoms with Crippen molar-refractivity contribution in [3.63, 3.8) is 0 Å². The van der Waals surface area contributed by atoms with Crippen LogP contribution in [-0.4, -0.2) is 6.10 Å². The summed E-state index contributed by atoms with van der Waals surface area (Å²) in [6.07, 6.45) is 4.92. The summed E-state index contributed by atoms with van der Waals surface area (Å²) >= 11 is 6.38. The zero-order valence-corrected chi connectivity index (χ0v) is 20.8. The van der Waals surface area contributed by atoms with Gasteiger partial charge in [-0.2, -0.15) is 0 Å². The predicted octanol–water partition coefficient (Wildman–Crippen LogP) is 8.34. The standard InChI is InChI=1S/C29H36ClNO/c1-28(2,3)21-10-13-24(14-11-21)32-26-16-9-19-17-22(29(4,5)31)12-15-25(19)27(26)20-7-6-8-23(30)18-20/h6-9,12,15-18,21,24H,10-11,13-14,31H2,1-5H3/t21-,24-. The number of ether oxygens (including phenoxy) is 1. The maximum atomic E-state index is 6.68. The molecule has 0 aliphatic heterocycles. The molecule has 4 rings (SSSR count). The monoisotopic (exact) mass is 449 g/mol. The summed E-state index contributed by atoms with van der Waals surface area (Å²) in [5, 5.41) is 3.07. The van der Waals surface area contributed by atoms with E-state index >= 15 is 0 Å². The Balaban J connectivity index is 1.73. The van der Waals surface area contributed by atoms with E-state index in [1.165, 1.54) is 23.6 Å². The van der Waals surface area contributed by atoms with Crippen LogP contribution < -0.4 is 10.5 Å². The van der Waals surface area contributed by atoms with E-state index in [-0.39, 0.29) is 11.6 Å². The van der Waals surface area contributed by atoms with Crippen LogP contribution in [0.4, 0.5) is 0 Å². The van der Waals surface area contributed by atoms with Crippen molar-refractivity contribution in [3.8, 4) is 16.9 Å². The molecule has 3 aromatic carbocycles. The molecule has 1 saturated carbocycles. The van der Waals surface area contributed by atoms with Gasteiger partial charge < -0.3 is 10.5 Å². The number of nitrogens with two attached hydrogens (primary N) is 1. The van der Waals surface area contributed by atoms with Gasteiger partial charge in [0.05, 0.1) is 6.10 Å². The average Bonchev–Trinajstić information content (AvgIpc) is 2.72. The number of hydrogen-bond acceptors (Lipinski definition) is 2. The number of halogens is 1. The molecule has 0 bridgehead atoms. The van der Waals surface area contributed by atoms with E-state index in [4.69, 9.17) is 22.1 Å². The first kappa shape index (κ1) is 23.1. The molecule has 0 heterocycles. The quantitative estimate of drug-likeness (QED) is 0.434. The Hall–Kier alpha value is -2.03. The fraction of sp³-hybridized carbons (Fsp3) is 0.448. The Morgan fingerprint density at radius 3 is 2.22 bits per heavy atom. The molecule has 2 nitrogen and oxygen atoms in total. The van der Waals surface area contributed by atoms with Crippen LogP contribution in [0.15, 0.2) is 54.6 Å². The highest BCUT2D eigenvalue weighted by molar-refractivity contribution is 6.31. The Labute approximate surface area is 198 Å². The maximum Gasteiger partial charge on any atom is 0.128 e. The van der Waals surface area contributed by atoms with E-state index in [0.29, 0.717) is 5.41 Å². The van der Waals surface area contributed by atoms with Crippen LogP contribution in [0, 0.1) is 11.3 Å². The Morgan fingerprint density at radius 1 is 0.875 bits per heavy atom. The first-order valence-electron chi connectivity index (χ1n) is 11.8. The minimum atomic E-state index is -0.384. The van der Waals surface area contributed by atoms with Crippen molar-refractivity contribution >= 4 is 22.4 Å². The first-order chi connectivity index (χ1) is 15.0. The van der Waals surface area contributed by atoms with Gasteiger partial charge in [-0.05, 0) is 97.0 Å². The van der Waals surface area contributed by atoms with Gasteiger partial charge in [0, 0.05) is 16.1 Å². The van der Waals surface area contributed by atoms with Crippen LogP contribution in [0.5, 0.6) is 5.75 Å². The molecule has 0 radical (unpaired) electrons. The number of benzene rings is 3. The predicted molar refractivity (Wildman–Crippen MR) is 137 cm³/mol. The van der Waals surface area contributed by atoms with Crippen LogP contribution in [-0.2, 0) is 5.54 Å². The zero-order valence-electron chi connectivity index (χ0n) is 20.0. The summed E-state index contributed by atoms with van der Waals surface area (Å²) in [6.45, 7) is 11.2. The SMILES string of the molecule is CC(C)(N)c1ccc2c(-c3cccc(Cl)c3)c(O[C@H]3CC[C@H](C(C)(C)C)CC3)ccc2c1. The highest BCUT2D eigenvalue weighted by atomic mass is 35.5. The number of rotatable bonds is 4. The lowest BCUT2D eigenvalue weighted by atomic mass is 9.72. The van der Waals surface area contributed by atoms with E-state index in [2.05, 4.69) is 57.2 Å². The molecule has 3 aromatic rings. The second-order valence-electron chi connectivity index (χ2n) is 11.1. The van der Waals surface area contributed by atoms with Gasteiger partial charge in [-0.1, -0.05) is 62.7 Å². The van der Waals surface area contributed by atoms with E-state index in [1.54, 1.807) is 0 Å². The molecule has 170 valence electrons. The largest absolute Gasteiger partial charge is 0.490 e. The van der Waals surface area contributed by atoms with Gasteiger partial charge in [0.25, 0.3) is 0 Å². The lowest BCUT2D eigenvalue weighted by molar-refractivity contribution is 0.0887. The third-order valence-electron chi connectivity index (χ3n) is 7.03. The molecule has 0 spiro atoms. The van der Waals surface area contributed by atoms with Gasteiger partial charge >= 0.3 is 0 Å². The molecule has 0 saturated heterocycles. The Kier molecular flexibility index (Phi) is 6.31. The van der Waals surface area contributed by atoms with Crippen molar-refractivity contribution in [3.05, 3.63) is 65.2 Å². The normalized spacial score (nSPS) is 19.8. The molecular formula is C29H36ClNO. The number of fused-ring (bicyclic) bond motifs is 1. The molecule has 32 heavy (non-hydrogen) atoms. The van der Waals surface area contributed by atoms with Crippen LogP contribution in [0.25, 0.3) is 21.9 Å². The molecule has 1 fully saturated rings. The van der Waals surface area contributed by atoms with Crippen LogP contribution in [0.3, 0.4) is 0 Å². The van der Waals surface area contributed by atoms with Gasteiger partial charge in [-0.3, -0.25) is 0 Å². The maximum absolute atomic E-state index is 6.68. The average molecular weight is 450 g/mol. The summed E-state index contributed by atoms with van der Waals surface area (Å²) in [5.41, 5.74) is 9.68. The lowest BCUT2D eigenvalue weighted by Crippen LogP contribution is -2.30. The van der Waals surface area contributed by atoms with Gasteiger partial charge in [0.2, 0.25) is 0 Å². The van der Waals surface area contributed by atoms with Crippen molar-refractivity contribution in [2.24, 2.45) is 17.1 Å². The minimum absolute atomic E-state index is 0.256. The first-order valence-corrected chi connectivity index (χ1v) is 12.2. The third kappa shape index (κ3) is 4.97. The lowest BCUT2D eigenvalue weighted by Gasteiger charge is -2.37. The highest BCUT2D eigenvalue weighted by Gasteiger charge is 2.31. The second-order valence-corrected chi connectivity index (χ2v) is 11.5. The molecule has 0 amide bonds. The topological polar surface area (TPSA) is 35.2 Å². The van der Waals surface area contributed by atoms with Crippen molar-refractivity contribution in [1.29, 1.82) is 0 Å². The van der Waals surface area contributed by atoms with Crippen molar-refractivity contribution in [2.75, 3.05) is 0 Å². The van der Waals surface area contributed by atoms with Crippen LogP contribution in [0.1, 0.15) is 65.9 Å². The fourth-order valence-corrected chi connectivity index (χ4v) is 5.17. The van der Waals surface area contributed by atoms with Crippen molar-refractivity contribution in [2.45, 2.75) is 71.9 Å². The summed E-state index contributed by atoms with van der Waals surface area (Å²) in [5.74, 6) is 1.71. The fourth-order valence-electron chi connectivity index (χ4n) is 4.98. The van der Waals surface area contributed by atoms with E-state index < -0.39 is 0 Å². The van der Waals surface area contributed by atoms with E-state index in [9.17, 15) is 0 Å². The van der Waals surface area contributed by atoms with Gasteiger partial charge in [-0.25, -0.2) is 0 Å². The molecule has 0 atom stereocenters. The Bertz CT molecular complexity index is 1100. The molecule has 0 aromatic heterocycles. The van der Waals surface area contributed by atoms with Crippen LogP contribution >= 0.6 is 11.6 Å². The zero-order chi connectivity index (χ0) is 23.1. The molecule has 2 N–H and O–H groups in total. The van der Waals surface area contributed by atoms with E-state index in [0.717, 1.165) is 46.2 Å². The summed E-state index contributed by atoms with van der Waals surface area (Å²) in [7, 11) is 0. The molecular weight excluding hydrogens is 414 g/mol. The Morgan fingerprint density at radius 2 is 1.59 bits per heavy atom. The summed E-state index contributed by atoms with van der Waals surface area (Å²) < 4.78 is 6.68. The second kappa shape index (κ2) is 8.72. The summed E-state index contributed by atoms with van der Waals surface area (Å²) in [4.78, 5) is 0. The van der Waals surface area contributed by atoms with Gasteiger partial charge in [0.1, 0.15) is 5.75 Å². The summed E-state index contributed by atoms with van der Waals surface area (Å²) in [6, 6.07) is 18.9. The molecule has 1 aliphatic carbocycles. The molecule has 0 unspecified atom stereocenters. The highest BCUT2D eigenvalue weighted by Crippen LogP contribution is 2.42. The van der Waals surface area contributed by atoms with Crippen molar-refractivity contribution < 1.29 is 4.74 Å². The third-order valence-corrected chi connectivity index (χ3v) is 7.27. The van der Waals surface area contributed by atoms with E-state index in [1.807, 2.05) is 32.0 Å². The minimum Gasteiger partial charge on any atom is -0.490 e. The molecule has 3 heteroatoms. The number of hydrogen-bond donors (Lipinski definition) is 1. The smallest absolute Gasteiger partial charge is 0.128 e. The molecule has 1 aliphatic rings. The van der Waals surface area contributed by atoms with Gasteiger partial charge in [-0.15, -0.1) is 0 Å².